The lowest BCUT2D eigenvalue weighted by atomic mass is 9.91. The molecule has 1 aliphatic rings. The van der Waals surface area contributed by atoms with Gasteiger partial charge in [-0.1, -0.05) is 42.5 Å². The number of aryl methyl sites for hydroxylation is 1. The molecule has 40 heavy (non-hydrogen) atoms. The minimum atomic E-state index is -0.771. The van der Waals surface area contributed by atoms with Crippen molar-refractivity contribution in [1.82, 2.24) is 10.2 Å². The van der Waals surface area contributed by atoms with Crippen LogP contribution in [0.25, 0.3) is 0 Å². The predicted octanol–water partition coefficient (Wildman–Crippen LogP) is 4.81. The summed E-state index contributed by atoms with van der Waals surface area (Å²) in [6, 6.07) is 15.8. The number of nitrogens with zero attached hydrogens (tertiary/aromatic N) is 1. The Labute approximate surface area is 236 Å². The number of amides is 3. The molecule has 9 heteroatoms. The molecular formula is C31H41N3O6. The monoisotopic (exact) mass is 551 g/mol. The average Bonchev–Trinajstić information content (AvgIpc) is 3.41. The summed E-state index contributed by atoms with van der Waals surface area (Å²) in [4.78, 5) is 52.2. The number of nitrogens with one attached hydrogen (secondary N) is 2. The molecule has 0 aliphatic carbocycles. The molecule has 2 aromatic rings. The zero-order valence-corrected chi connectivity index (χ0v) is 24.1. The summed E-state index contributed by atoms with van der Waals surface area (Å²) in [7, 11) is 1.29. The molecule has 0 unspecified atom stereocenters. The van der Waals surface area contributed by atoms with E-state index in [1.807, 2.05) is 30.3 Å². The maximum Gasteiger partial charge on any atom is 0.410 e. The minimum absolute atomic E-state index is 0.262. The van der Waals surface area contributed by atoms with E-state index < -0.39 is 35.7 Å². The zero-order chi connectivity index (χ0) is 29.3. The number of benzene rings is 2. The summed E-state index contributed by atoms with van der Waals surface area (Å²) >= 11 is 0. The van der Waals surface area contributed by atoms with Gasteiger partial charge < -0.3 is 20.1 Å². The average molecular weight is 552 g/mol. The van der Waals surface area contributed by atoms with Gasteiger partial charge in [-0.3, -0.25) is 14.5 Å². The van der Waals surface area contributed by atoms with Crippen molar-refractivity contribution < 1.29 is 28.7 Å². The third-order valence-corrected chi connectivity index (χ3v) is 6.80. The summed E-state index contributed by atoms with van der Waals surface area (Å²) < 4.78 is 10.2. The van der Waals surface area contributed by atoms with Crippen LogP contribution in [0.3, 0.4) is 0 Å². The fourth-order valence-electron chi connectivity index (χ4n) is 4.76. The molecule has 216 valence electrons. The number of hydrogen-bond donors (Lipinski definition) is 2. The topological polar surface area (TPSA) is 114 Å². The quantitative estimate of drug-likeness (QED) is 0.410. The van der Waals surface area contributed by atoms with Gasteiger partial charge in [0.1, 0.15) is 17.7 Å². The molecule has 3 rings (SSSR count). The van der Waals surface area contributed by atoms with E-state index in [-0.39, 0.29) is 11.8 Å². The Bertz CT molecular complexity index is 1160. The Morgan fingerprint density at radius 3 is 2.33 bits per heavy atom. The predicted molar refractivity (Wildman–Crippen MR) is 153 cm³/mol. The molecule has 3 amide bonds. The molecule has 1 saturated heterocycles. The van der Waals surface area contributed by atoms with Crippen LogP contribution >= 0.6 is 0 Å². The SMILES string of the molecule is COC(=O)[C@@H](C)NC(=O)[C@@H](CCCc1ccccc1)c1ccc(NC(=O)[C@@H]2CCCN2C(=O)OC(C)(C)C)cc1. The Morgan fingerprint density at radius 1 is 1.02 bits per heavy atom. The Morgan fingerprint density at radius 2 is 1.70 bits per heavy atom. The molecule has 1 aliphatic heterocycles. The third-order valence-electron chi connectivity index (χ3n) is 6.80. The summed E-state index contributed by atoms with van der Waals surface area (Å²) in [5.74, 6) is -1.54. The van der Waals surface area contributed by atoms with E-state index in [4.69, 9.17) is 9.47 Å². The van der Waals surface area contributed by atoms with E-state index in [2.05, 4.69) is 22.8 Å². The van der Waals surface area contributed by atoms with Crippen molar-refractivity contribution in [2.45, 2.75) is 83.4 Å². The van der Waals surface area contributed by atoms with Gasteiger partial charge in [-0.15, -0.1) is 0 Å². The van der Waals surface area contributed by atoms with Crippen LogP contribution in [0.4, 0.5) is 10.5 Å². The number of methoxy groups -OCH3 is 1. The van der Waals surface area contributed by atoms with Crippen LogP contribution in [0.5, 0.6) is 0 Å². The second kappa shape index (κ2) is 14.0. The van der Waals surface area contributed by atoms with Crippen LogP contribution in [0.2, 0.25) is 0 Å². The molecule has 0 saturated carbocycles. The first-order chi connectivity index (χ1) is 19.0. The molecule has 0 spiro atoms. The lowest BCUT2D eigenvalue weighted by molar-refractivity contribution is -0.144. The first kappa shape index (κ1) is 30.7. The number of ether oxygens (including phenoxy) is 2. The number of rotatable bonds is 10. The van der Waals surface area contributed by atoms with Gasteiger partial charge in [0.25, 0.3) is 0 Å². The van der Waals surface area contributed by atoms with Crippen molar-refractivity contribution in [2.75, 3.05) is 19.0 Å². The van der Waals surface area contributed by atoms with Crippen molar-refractivity contribution in [3.8, 4) is 0 Å². The van der Waals surface area contributed by atoms with Crippen molar-refractivity contribution >= 4 is 29.6 Å². The maximum absolute atomic E-state index is 13.2. The zero-order valence-electron chi connectivity index (χ0n) is 24.1. The highest BCUT2D eigenvalue weighted by molar-refractivity contribution is 5.97. The number of esters is 1. The number of hydrogen-bond acceptors (Lipinski definition) is 6. The summed E-state index contributed by atoms with van der Waals surface area (Å²) in [6.45, 7) is 7.44. The van der Waals surface area contributed by atoms with Crippen LogP contribution in [0, 0.1) is 0 Å². The molecule has 1 heterocycles. The van der Waals surface area contributed by atoms with Crippen LogP contribution < -0.4 is 10.6 Å². The van der Waals surface area contributed by atoms with Gasteiger partial charge in [-0.2, -0.15) is 0 Å². The van der Waals surface area contributed by atoms with Gasteiger partial charge >= 0.3 is 12.1 Å². The second-order valence-corrected chi connectivity index (χ2v) is 11.1. The molecule has 2 aromatic carbocycles. The first-order valence-electron chi connectivity index (χ1n) is 13.8. The molecular weight excluding hydrogens is 510 g/mol. The number of anilines is 1. The Balaban J connectivity index is 1.68. The molecule has 1 fully saturated rings. The van der Waals surface area contributed by atoms with Gasteiger partial charge in [0.05, 0.1) is 13.0 Å². The largest absolute Gasteiger partial charge is 0.467 e. The number of carbonyl (C=O) groups is 4. The van der Waals surface area contributed by atoms with Gasteiger partial charge in [0.2, 0.25) is 11.8 Å². The third kappa shape index (κ3) is 8.83. The van der Waals surface area contributed by atoms with Crippen LogP contribution in [-0.2, 0) is 30.3 Å². The van der Waals surface area contributed by atoms with E-state index in [0.717, 1.165) is 24.8 Å². The molecule has 2 N–H and O–H groups in total. The van der Waals surface area contributed by atoms with E-state index in [9.17, 15) is 19.2 Å². The lowest BCUT2D eigenvalue weighted by Gasteiger charge is -2.28. The fourth-order valence-corrected chi connectivity index (χ4v) is 4.76. The van der Waals surface area contributed by atoms with Crippen LogP contribution in [-0.4, -0.2) is 60.1 Å². The first-order valence-corrected chi connectivity index (χ1v) is 13.8. The van der Waals surface area contributed by atoms with Crippen LogP contribution in [0.15, 0.2) is 54.6 Å². The van der Waals surface area contributed by atoms with Gasteiger partial charge in [0.15, 0.2) is 0 Å². The van der Waals surface area contributed by atoms with Gasteiger partial charge in [0, 0.05) is 12.2 Å². The molecule has 0 bridgehead atoms. The molecule has 0 radical (unpaired) electrons. The molecule has 9 nitrogen and oxygen atoms in total. The molecule has 0 aromatic heterocycles. The minimum Gasteiger partial charge on any atom is -0.467 e. The van der Waals surface area contributed by atoms with Gasteiger partial charge in [-0.25, -0.2) is 9.59 Å². The van der Waals surface area contributed by atoms with Crippen molar-refractivity contribution in [3.05, 3.63) is 65.7 Å². The van der Waals surface area contributed by atoms with Crippen LogP contribution in [0.1, 0.15) is 70.4 Å². The van der Waals surface area contributed by atoms with E-state index in [0.29, 0.717) is 25.1 Å². The summed E-state index contributed by atoms with van der Waals surface area (Å²) in [5.41, 5.74) is 1.89. The maximum atomic E-state index is 13.2. The van der Waals surface area contributed by atoms with Crippen molar-refractivity contribution in [1.29, 1.82) is 0 Å². The highest BCUT2D eigenvalue weighted by Gasteiger charge is 2.36. The number of likely N-dealkylation sites (tertiary alicyclic amines) is 1. The fraction of sp³-hybridized carbons (Fsp3) is 0.484. The van der Waals surface area contributed by atoms with E-state index in [1.54, 1.807) is 39.8 Å². The molecule has 3 atom stereocenters. The van der Waals surface area contributed by atoms with E-state index in [1.165, 1.54) is 17.6 Å². The second-order valence-electron chi connectivity index (χ2n) is 11.1. The highest BCUT2D eigenvalue weighted by atomic mass is 16.6. The smallest absolute Gasteiger partial charge is 0.410 e. The normalized spacial score (nSPS) is 16.5. The van der Waals surface area contributed by atoms with Crippen molar-refractivity contribution in [3.63, 3.8) is 0 Å². The Hall–Kier alpha value is -3.88. The summed E-state index contributed by atoms with van der Waals surface area (Å²) in [6.07, 6.45) is 2.96. The van der Waals surface area contributed by atoms with E-state index >= 15 is 0 Å². The highest BCUT2D eigenvalue weighted by Crippen LogP contribution is 2.26. The lowest BCUT2D eigenvalue weighted by Crippen LogP contribution is -2.45. The van der Waals surface area contributed by atoms with Gasteiger partial charge in [-0.05, 0) is 83.1 Å². The Kier molecular flexibility index (Phi) is 10.7. The van der Waals surface area contributed by atoms with Crippen molar-refractivity contribution in [2.24, 2.45) is 0 Å². The standard InChI is InChI=1S/C31H41N3O6/c1-21(29(37)39-5)32-27(35)25(14-9-13-22-11-7-6-8-12-22)23-16-18-24(19-17-23)33-28(36)26-15-10-20-34(26)30(38)40-31(2,3)4/h6-8,11-12,16-19,21,25-26H,9-10,13-15,20H2,1-5H3,(H,32,35)(H,33,36)/t21-,25+,26+/m1/s1. The number of carbonyl (C=O) groups excluding carboxylic acids is 4. The summed E-state index contributed by atoms with van der Waals surface area (Å²) in [5, 5.41) is 5.66.